The Balaban J connectivity index is 1.84. The van der Waals surface area contributed by atoms with E-state index in [1.807, 2.05) is 0 Å². The average Bonchev–Trinajstić information content (AvgIpc) is 3.35. The topological polar surface area (TPSA) is 164 Å². The molecular formula is C19H15N9O2. The largest absolute Gasteiger partial charge is 0.495 e. The normalized spacial score (nSPS) is 11.2. The van der Waals surface area contributed by atoms with Crippen LogP contribution in [-0.4, -0.2) is 47.4 Å². The van der Waals surface area contributed by atoms with Crippen LogP contribution in [0.4, 0.5) is 0 Å². The molecule has 0 radical (unpaired) electrons. The van der Waals surface area contributed by atoms with Gasteiger partial charge in [0.15, 0.2) is 17.1 Å². The summed E-state index contributed by atoms with van der Waals surface area (Å²) in [5, 5.41) is 7.95. The van der Waals surface area contributed by atoms with Gasteiger partial charge in [0.2, 0.25) is 0 Å². The summed E-state index contributed by atoms with van der Waals surface area (Å²) in [5.74, 6) is 0.456. The Morgan fingerprint density at radius 3 is 2.87 bits per heavy atom. The van der Waals surface area contributed by atoms with Crippen molar-refractivity contribution in [2.45, 2.75) is 0 Å². The molecule has 1 aromatic carbocycles. The predicted octanol–water partition coefficient (Wildman–Crippen LogP) is 1.34. The van der Waals surface area contributed by atoms with E-state index in [1.54, 1.807) is 36.5 Å². The number of methoxy groups -OCH3 is 1. The lowest BCUT2D eigenvalue weighted by Crippen LogP contribution is -2.16. The Morgan fingerprint density at radius 2 is 2.07 bits per heavy atom. The quantitative estimate of drug-likeness (QED) is 0.261. The maximum Gasteiger partial charge on any atom is 0.332 e. The molecule has 0 aliphatic rings. The van der Waals surface area contributed by atoms with Crippen molar-refractivity contribution in [3.8, 4) is 22.8 Å². The first-order chi connectivity index (χ1) is 14.6. The van der Waals surface area contributed by atoms with Crippen molar-refractivity contribution >= 4 is 28.2 Å². The zero-order chi connectivity index (χ0) is 20.8. The monoisotopic (exact) mass is 401 g/mol. The zero-order valence-electron chi connectivity index (χ0n) is 15.7. The molecule has 0 saturated carbocycles. The standard InChI is InChI=1S/C19H15N9O2/c1-30-12-5-3-2-4-11(12)28-18-14(26-19(28)29)13(15(20)21)25-16(27-18)9-6-10-17(22-7-9)24-8-23-10/h2-8H,1H3,(H3,20,21)(H,26,29)(H,22,23,24). The molecule has 11 nitrogen and oxygen atoms in total. The van der Waals surface area contributed by atoms with Gasteiger partial charge in [-0.3, -0.25) is 5.41 Å². The Hall–Kier alpha value is -4.54. The predicted molar refractivity (Wildman–Crippen MR) is 110 cm³/mol. The first-order valence-electron chi connectivity index (χ1n) is 8.87. The molecule has 5 rings (SSSR count). The molecule has 5 aromatic rings. The fraction of sp³-hybridized carbons (Fsp3) is 0.0526. The van der Waals surface area contributed by atoms with Crippen LogP contribution in [0.1, 0.15) is 5.69 Å². The van der Waals surface area contributed by atoms with Gasteiger partial charge in [-0.15, -0.1) is 0 Å². The van der Waals surface area contributed by atoms with Gasteiger partial charge in [0.25, 0.3) is 0 Å². The maximum atomic E-state index is 12.8. The summed E-state index contributed by atoms with van der Waals surface area (Å²) >= 11 is 0. The van der Waals surface area contributed by atoms with Crippen LogP contribution in [0.25, 0.3) is 39.4 Å². The van der Waals surface area contributed by atoms with Crippen LogP contribution in [0.2, 0.25) is 0 Å². The highest BCUT2D eigenvalue weighted by atomic mass is 16.5. The van der Waals surface area contributed by atoms with E-state index in [1.165, 1.54) is 18.0 Å². The molecule has 0 spiro atoms. The number of nitrogen functional groups attached to an aromatic ring is 1. The number of H-pyrrole nitrogens is 2. The van der Waals surface area contributed by atoms with E-state index in [4.69, 9.17) is 15.9 Å². The molecule has 148 valence electrons. The molecule has 11 heteroatoms. The van der Waals surface area contributed by atoms with Crippen molar-refractivity contribution in [1.82, 2.24) is 34.5 Å². The number of aromatic amines is 2. The fourth-order valence-corrected chi connectivity index (χ4v) is 3.30. The lowest BCUT2D eigenvalue weighted by Gasteiger charge is -2.10. The van der Waals surface area contributed by atoms with E-state index < -0.39 is 5.69 Å². The summed E-state index contributed by atoms with van der Waals surface area (Å²) < 4.78 is 6.77. The number of amidine groups is 1. The van der Waals surface area contributed by atoms with Crippen LogP contribution >= 0.6 is 0 Å². The number of rotatable bonds is 4. The number of ether oxygens (including phenoxy) is 1. The van der Waals surface area contributed by atoms with Crippen molar-refractivity contribution < 1.29 is 4.74 Å². The van der Waals surface area contributed by atoms with Gasteiger partial charge in [-0.2, -0.15) is 0 Å². The van der Waals surface area contributed by atoms with Gasteiger partial charge in [-0.05, 0) is 18.2 Å². The Labute approximate surface area is 168 Å². The number of benzene rings is 1. The van der Waals surface area contributed by atoms with Crippen LogP contribution in [0, 0.1) is 5.41 Å². The number of hydrogen-bond acceptors (Lipinski definition) is 7. The maximum absolute atomic E-state index is 12.8. The Bertz CT molecular complexity index is 1500. The molecule has 0 saturated heterocycles. The third kappa shape index (κ3) is 2.60. The molecule has 0 aliphatic carbocycles. The van der Waals surface area contributed by atoms with Gasteiger partial charge in [0.1, 0.15) is 22.8 Å². The van der Waals surface area contributed by atoms with E-state index >= 15 is 0 Å². The summed E-state index contributed by atoms with van der Waals surface area (Å²) in [7, 11) is 1.52. The molecule has 5 N–H and O–H groups in total. The highest BCUT2D eigenvalue weighted by molar-refractivity contribution is 6.03. The highest BCUT2D eigenvalue weighted by Crippen LogP contribution is 2.26. The number of nitrogens with one attached hydrogen (secondary N) is 3. The van der Waals surface area contributed by atoms with Crippen molar-refractivity contribution in [3.63, 3.8) is 0 Å². The molecular weight excluding hydrogens is 386 g/mol. The van der Waals surface area contributed by atoms with Gasteiger partial charge in [0.05, 0.1) is 24.6 Å². The van der Waals surface area contributed by atoms with E-state index in [9.17, 15) is 4.79 Å². The van der Waals surface area contributed by atoms with E-state index in [0.29, 0.717) is 28.2 Å². The van der Waals surface area contributed by atoms with Crippen LogP contribution in [0.5, 0.6) is 5.75 Å². The van der Waals surface area contributed by atoms with Crippen LogP contribution in [-0.2, 0) is 0 Å². The van der Waals surface area contributed by atoms with E-state index in [0.717, 1.165) is 0 Å². The molecule has 4 aromatic heterocycles. The summed E-state index contributed by atoms with van der Waals surface area (Å²) in [6.07, 6.45) is 3.12. The second kappa shape index (κ2) is 6.51. The summed E-state index contributed by atoms with van der Waals surface area (Å²) in [4.78, 5) is 35.9. The van der Waals surface area contributed by atoms with Gasteiger partial charge < -0.3 is 20.4 Å². The van der Waals surface area contributed by atoms with Crippen LogP contribution < -0.4 is 16.2 Å². The number of fused-ring (bicyclic) bond motifs is 2. The third-order valence-corrected chi connectivity index (χ3v) is 4.65. The number of aromatic nitrogens is 7. The van der Waals surface area contributed by atoms with Gasteiger partial charge in [0, 0.05) is 11.8 Å². The number of para-hydroxylation sites is 2. The molecule has 0 atom stereocenters. The number of nitrogens with two attached hydrogens (primary N) is 1. The van der Waals surface area contributed by atoms with Crippen molar-refractivity contribution in [3.05, 3.63) is 59.0 Å². The molecule has 0 amide bonds. The third-order valence-electron chi connectivity index (χ3n) is 4.65. The lowest BCUT2D eigenvalue weighted by molar-refractivity contribution is 0.413. The van der Waals surface area contributed by atoms with Crippen LogP contribution in [0.15, 0.2) is 47.7 Å². The molecule has 0 fully saturated rings. The van der Waals surface area contributed by atoms with Crippen molar-refractivity contribution in [1.29, 1.82) is 5.41 Å². The molecule has 0 unspecified atom stereocenters. The zero-order valence-corrected chi connectivity index (χ0v) is 15.7. The first-order valence-corrected chi connectivity index (χ1v) is 8.87. The fourth-order valence-electron chi connectivity index (χ4n) is 3.30. The minimum absolute atomic E-state index is 0.116. The smallest absolute Gasteiger partial charge is 0.332 e. The van der Waals surface area contributed by atoms with Gasteiger partial charge in [-0.1, -0.05) is 12.1 Å². The minimum atomic E-state index is -0.453. The molecule has 0 aliphatic heterocycles. The minimum Gasteiger partial charge on any atom is -0.495 e. The SMILES string of the molecule is COc1ccccc1-n1c(=O)[nH]c2c(C(=N)N)nc(-c3cnc4nc[nH]c4c3)nc21. The van der Waals surface area contributed by atoms with Crippen LogP contribution in [0.3, 0.4) is 0 Å². The van der Waals surface area contributed by atoms with Gasteiger partial charge in [-0.25, -0.2) is 29.3 Å². The summed E-state index contributed by atoms with van der Waals surface area (Å²) in [6, 6.07) is 8.85. The second-order valence-electron chi connectivity index (χ2n) is 6.44. The molecule has 30 heavy (non-hydrogen) atoms. The number of pyridine rings is 1. The first kappa shape index (κ1) is 17.6. The van der Waals surface area contributed by atoms with Gasteiger partial charge >= 0.3 is 5.69 Å². The summed E-state index contributed by atoms with van der Waals surface area (Å²) in [6.45, 7) is 0. The second-order valence-corrected chi connectivity index (χ2v) is 6.44. The Morgan fingerprint density at radius 1 is 1.23 bits per heavy atom. The van der Waals surface area contributed by atoms with E-state index in [-0.39, 0.29) is 28.5 Å². The van der Waals surface area contributed by atoms with Crippen molar-refractivity contribution in [2.24, 2.45) is 5.73 Å². The lowest BCUT2D eigenvalue weighted by atomic mass is 10.2. The highest BCUT2D eigenvalue weighted by Gasteiger charge is 2.20. The van der Waals surface area contributed by atoms with Crippen molar-refractivity contribution in [2.75, 3.05) is 7.11 Å². The number of hydrogen-bond donors (Lipinski definition) is 4. The average molecular weight is 401 g/mol. The number of imidazole rings is 2. The van der Waals surface area contributed by atoms with E-state index in [2.05, 4.69) is 29.9 Å². The molecule has 0 bridgehead atoms. The Kier molecular flexibility index (Phi) is 3.81. The number of nitrogens with zero attached hydrogens (tertiary/aromatic N) is 5. The summed E-state index contributed by atoms with van der Waals surface area (Å²) in [5.41, 5.74) is 8.29. The molecule has 4 heterocycles.